The molecule has 6 heteroatoms. The van der Waals surface area contributed by atoms with Crippen LogP contribution in [0.15, 0.2) is 30.3 Å². The highest BCUT2D eigenvalue weighted by Gasteiger charge is 2.24. The molecule has 0 unspecified atom stereocenters. The Morgan fingerprint density at radius 1 is 0.667 bits per heavy atom. The second-order valence-electron chi connectivity index (χ2n) is 4.21. The van der Waals surface area contributed by atoms with E-state index in [-0.39, 0.29) is 0 Å². The van der Waals surface area contributed by atoms with Gasteiger partial charge in [-0.05, 0) is 24.1 Å². The number of benzene rings is 2. The lowest BCUT2D eigenvalue weighted by atomic mass is 10.1. The summed E-state index contributed by atoms with van der Waals surface area (Å²) >= 11 is 0. The zero-order valence-corrected chi connectivity index (χ0v) is 10.4. The van der Waals surface area contributed by atoms with E-state index < -0.39 is 46.9 Å². The van der Waals surface area contributed by atoms with Gasteiger partial charge in [0.25, 0.3) is 0 Å². The second-order valence-corrected chi connectivity index (χ2v) is 4.21. The van der Waals surface area contributed by atoms with E-state index >= 15 is 0 Å². The van der Waals surface area contributed by atoms with Gasteiger partial charge in [-0.15, -0.1) is 0 Å². The summed E-state index contributed by atoms with van der Waals surface area (Å²) in [6, 6.07) is 5.17. The maximum atomic E-state index is 13.4. The van der Waals surface area contributed by atoms with Crippen molar-refractivity contribution in [1.82, 2.24) is 0 Å². The molecule has 0 saturated carbocycles. The number of hydrogen-bond donors (Lipinski definition) is 0. The zero-order valence-electron chi connectivity index (χ0n) is 10.4. The molecular formula is C15H8F6. The Morgan fingerprint density at radius 3 is 1.67 bits per heavy atom. The molecule has 0 spiro atoms. The van der Waals surface area contributed by atoms with Gasteiger partial charge >= 0.3 is 0 Å². The number of allylic oxidation sites excluding steroid dienone is 1. The zero-order chi connectivity index (χ0) is 15.6. The van der Waals surface area contributed by atoms with Crippen molar-refractivity contribution in [2.45, 2.75) is 6.42 Å². The van der Waals surface area contributed by atoms with Gasteiger partial charge in [0.15, 0.2) is 23.3 Å². The van der Waals surface area contributed by atoms with E-state index in [1.54, 1.807) is 0 Å². The van der Waals surface area contributed by atoms with E-state index in [0.29, 0.717) is 5.56 Å². The van der Waals surface area contributed by atoms with Gasteiger partial charge < -0.3 is 0 Å². The molecule has 0 heterocycles. The summed E-state index contributed by atoms with van der Waals surface area (Å²) in [6.45, 7) is 0. The first-order chi connectivity index (χ1) is 9.91. The fourth-order valence-electron chi connectivity index (χ4n) is 1.72. The van der Waals surface area contributed by atoms with Gasteiger partial charge in [0, 0.05) is 5.56 Å². The smallest absolute Gasteiger partial charge is 0.200 e. The van der Waals surface area contributed by atoms with Gasteiger partial charge in [0.05, 0.1) is 0 Å². The molecule has 2 rings (SSSR count). The van der Waals surface area contributed by atoms with E-state index in [4.69, 9.17) is 0 Å². The Hall–Kier alpha value is -2.24. The highest BCUT2D eigenvalue weighted by atomic mass is 19.2. The Morgan fingerprint density at radius 2 is 1.14 bits per heavy atom. The van der Waals surface area contributed by atoms with Crippen molar-refractivity contribution in [3.05, 3.63) is 76.4 Å². The third-order valence-corrected chi connectivity index (χ3v) is 2.80. The molecule has 0 aliphatic heterocycles. The summed E-state index contributed by atoms with van der Waals surface area (Å²) in [5.41, 5.74) is -0.384. The van der Waals surface area contributed by atoms with Crippen molar-refractivity contribution >= 4 is 6.08 Å². The van der Waals surface area contributed by atoms with Crippen LogP contribution in [0.25, 0.3) is 6.08 Å². The van der Waals surface area contributed by atoms with E-state index in [1.807, 2.05) is 0 Å². The molecule has 0 bridgehead atoms. The Bertz CT molecular complexity index is 659. The first-order valence-electron chi connectivity index (χ1n) is 5.84. The summed E-state index contributed by atoms with van der Waals surface area (Å²) in [7, 11) is 0. The monoisotopic (exact) mass is 302 g/mol. The lowest BCUT2D eigenvalue weighted by molar-refractivity contribution is 0.371. The molecule has 0 saturated heterocycles. The molecule has 0 aliphatic carbocycles. The van der Waals surface area contributed by atoms with Crippen LogP contribution in [-0.2, 0) is 6.42 Å². The molecule has 0 amide bonds. The lowest BCUT2D eigenvalue weighted by Crippen LogP contribution is -2.06. The predicted octanol–water partition coefficient (Wildman–Crippen LogP) is 4.78. The van der Waals surface area contributed by atoms with E-state index in [1.165, 1.54) is 36.4 Å². The van der Waals surface area contributed by atoms with Crippen LogP contribution in [0, 0.1) is 34.9 Å². The predicted molar refractivity (Wildman–Crippen MR) is 65.4 cm³/mol. The summed E-state index contributed by atoms with van der Waals surface area (Å²) in [5, 5.41) is 0. The molecule has 110 valence electrons. The van der Waals surface area contributed by atoms with Crippen LogP contribution in [0.3, 0.4) is 0 Å². The average Bonchev–Trinajstić information content (AvgIpc) is 2.48. The normalized spacial score (nSPS) is 11.3. The van der Waals surface area contributed by atoms with E-state index in [0.717, 1.165) is 0 Å². The molecule has 2 aromatic rings. The van der Waals surface area contributed by atoms with Crippen LogP contribution < -0.4 is 0 Å². The molecule has 21 heavy (non-hydrogen) atoms. The van der Waals surface area contributed by atoms with Gasteiger partial charge in [-0.25, -0.2) is 26.3 Å². The average molecular weight is 302 g/mol. The van der Waals surface area contributed by atoms with Crippen LogP contribution >= 0.6 is 0 Å². The van der Waals surface area contributed by atoms with E-state index in [9.17, 15) is 26.3 Å². The van der Waals surface area contributed by atoms with Gasteiger partial charge in [-0.2, -0.15) is 0 Å². The molecule has 2 aromatic carbocycles. The number of rotatable bonds is 3. The van der Waals surface area contributed by atoms with Crippen molar-refractivity contribution in [3.63, 3.8) is 0 Å². The third kappa shape index (κ3) is 3.09. The molecule has 0 atom stereocenters. The van der Waals surface area contributed by atoms with Crippen molar-refractivity contribution in [3.8, 4) is 0 Å². The van der Waals surface area contributed by atoms with Gasteiger partial charge in [0.1, 0.15) is 5.82 Å². The molecular weight excluding hydrogens is 294 g/mol. The van der Waals surface area contributed by atoms with Crippen LogP contribution in [0.1, 0.15) is 11.1 Å². The van der Waals surface area contributed by atoms with E-state index in [2.05, 4.69) is 0 Å². The summed E-state index contributed by atoms with van der Waals surface area (Å²) < 4.78 is 78.2. The molecule has 0 fully saturated rings. The molecule has 0 aromatic heterocycles. The van der Waals surface area contributed by atoms with Crippen molar-refractivity contribution in [2.75, 3.05) is 0 Å². The SMILES string of the molecule is Fc1ccc(/C=C/Cc2c(F)c(F)c(F)c(F)c2F)cc1. The minimum absolute atomic E-state index is 0.452. The quantitative estimate of drug-likeness (QED) is 0.435. The Labute approximate surface area is 116 Å². The largest absolute Gasteiger partial charge is 0.207 e. The lowest BCUT2D eigenvalue weighted by Gasteiger charge is -2.05. The third-order valence-electron chi connectivity index (χ3n) is 2.80. The molecule has 0 aliphatic rings. The maximum absolute atomic E-state index is 13.4. The number of halogens is 6. The minimum Gasteiger partial charge on any atom is -0.207 e. The molecule has 0 nitrogen and oxygen atoms in total. The topological polar surface area (TPSA) is 0 Å². The van der Waals surface area contributed by atoms with Crippen molar-refractivity contribution in [2.24, 2.45) is 0 Å². The van der Waals surface area contributed by atoms with Crippen LogP contribution in [0.2, 0.25) is 0 Å². The number of hydrogen-bond acceptors (Lipinski definition) is 0. The summed E-state index contributed by atoms with van der Waals surface area (Å²) in [4.78, 5) is 0. The van der Waals surface area contributed by atoms with Gasteiger partial charge in [-0.1, -0.05) is 24.3 Å². The van der Waals surface area contributed by atoms with Crippen LogP contribution in [-0.4, -0.2) is 0 Å². The van der Waals surface area contributed by atoms with Crippen LogP contribution in [0.4, 0.5) is 26.3 Å². The summed E-state index contributed by atoms with van der Waals surface area (Å²) in [5.74, 6) is -10.3. The fourth-order valence-corrected chi connectivity index (χ4v) is 1.72. The first-order valence-corrected chi connectivity index (χ1v) is 5.84. The standard InChI is InChI=1S/C15H8F6/c16-9-6-4-8(5-7-9)2-1-3-10-11(17)13(19)15(21)14(20)12(10)18/h1-2,4-7H,3H2/b2-1+. The van der Waals surface area contributed by atoms with Crippen molar-refractivity contribution in [1.29, 1.82) is 0 Å². The van der Waals surface area contributed by atoms with Crippen LogP contribution in [0.5, 0.6) is 0 Å². The van der Waals surface area contributed by atoms with Gasteiger partial charge in [-0.3, -0.25) is 0 Å². The highest BCUT2D eigenvalue weighted by Crippen LogP contribution is 2.23. The molecule has 0 radical (unpaired) electrons. The van der Waals surface area contributed by atoms with Crippen molar-refractivity contribution < 1.29 is 26.3 Å². The maximum Gasteiger partial charge on any atom is 0.200 e. The van der Waals surface area contributed by atoms with Gasteiger partial charge in [0.2, 0.25) is 5.82 Å². The summed E-state index contributed by atoms with van der Waals surface area (Å²) in [6.07, 6.45) is 2.13. The Balaban J connectivity index is 2.26. The minimum atomic E-state index is -2.18. The molecule has 0 N–H and O–H groups in total. The Kier molecular flexibility index (Phi) is 4.35. The first kappa shape index (κ1) is 15.2. The second kappa shape index (κ2) is 6.03. The highest BCUT2D eigenvalue weighted by molar-refractivity contribution is 5.49. The fraction of sp³-hybridized carbons (Fsp3) is 0.0667.